The van der Waals surface area contributed by atoms with Crippen LogP contribution in [0.1, 0.15) is 38.5 Å². The highest BCUT2D eigenvalue weighted by atomic mass is 32.2. The van der Waals surface area contributed by atoms with Crippen LogP contribution in [-0.4, -0.2) is 83.8 Å². The number of rotatable bonds is 12. The molecule has 0 saturated carbocycles. The molecule has 10 nitrogen and oxygen atoms in total. The van der Waals surface area contributed by atoms with E-state index < -0.39 is 33.2 Å². The fraction of sp³-hybridized carbons (Fsp3) is 0.889. The number of hydrogen-bond donors (Lipinski definition) is 2. The summed E-state index contributed by atoms with van der Waals surface area (Å²) in [6.45, 7) is 2.17. The van der Waals surface area contributed by atoms with Gasteiger partial charge in [-0.05, 0) is 38.5 Å². The summed E-state index contributed by atoms with van der Waals surface area (Å²) >= 11 is 0. The molecule has 29 heavy (non-hydrogen) atoms. The number of carbonyl (C=O) groups is 2. The first-order chi connectivity index (χ1) is 13.9. The van der Waals surface area contributed by atoms with Crippen LogP contribution in [0.4, 0.5) is 0 Å². The van der Waals surface area contributed by atoms with Gasteiger partial charge in [0.05, 0.1) is 13.2 Å². The fourth-order valence-electron chi connectivity index (χ4n) is 3.00. The number of carbonyl (C=O) groups excluding carboxylic acids is 2. The predicted octanol–water partition coefficient (Wildman–Crippen LogP) is -0.280. The number of sulfone groups is 1. The fourth-order valence-corrected chi connectivity index (χ4v) is 4.10. The molecule has 2 saturated heterocycles. The zero-order valence-electron chi connectivity index (χ0n) is 16.7. The second-order valence-corrected chi connectivity index (χ2v) is 9.13. The first-order valence-electron chi connectivity index (χ1n) is 10.1. The van der Waals surface area contributed by atoms with E-state index in [1.165, 1.54) is 0 Å². The average molecular weight is 437 g/mol. The minimum atomic E-state index is -3.85. The molecule has 0 aromatic carbocycles. The predicted molar refractivity (Wildman–Crippen MR) is 104 cm³/mol. The largest absolute Gasteiger partial charge is 0.353 e. The van der Waals surface area contributed by atoms with Crippen LogP contribution in [0.15, 0.2) is 0 Å². The smallest absolute Gasteiger partial charge is 0.235 e. The first-order valence-corrected chi connectivity index (χ1v) is 12.0. The van der Waals surface area contributed by atoms with Gasteiger partial charge in [-0.15, -0.1) is 0 Å². The highest BCUT2D eigenvalue weighted by Gasteiger charge is 2.21. The van der Waals surface area contributed by atoms with E-state index in [1.807, 2.05) is 0 Å². The summed E-state index contributed by atoms with van der Waals surface area (Å²) in [7, 11) is -3.85. The van der Waals surface area contributed by atoms with E-state index in [9.17, 15) is 18.0 Å². The Balaban J connectivity index is 1.52. The van der Waals surface area contributed by atoms with Crippen LogP contribution in [-0.2, 0) is 38.4 Å². The van der Waals surface area contributed by atoms with Crippen molar-refractivity contribution in [3.05, 3.63) is 0 Å². The van der Waals surface area contributed by atoms with Gasteiger partial charge in [-0.3, -0.25) is 9.59 Å². The van der Waals surface area contributed by atoms with Gasteiger partial charge in [0.2, 0.25) is 11.8 Å². The van der Waals surface area contributed by atoms with Gasteiger partial charge in [0.25, 0.3) is 0 Å². The van der Waals surface area contributed by atoms with Gasteiger partial charge in [0.15, 0.2) is 22.4 Å². The molecular weight excluding hydrogens is 404 g/mol. The lowest BCUT2D eigenvalue weighted by molar-refractivity contribution is -0.161. The molecule has 2 N–H and O–H groups in total. The Bertz CT molecular complexity index is 555. The third-order valence-electron chi connectivity index (χ3n) is 4.43. The molecule has 168 valence electrons. The van der Waals surface area contributed by atoms with E-state index in [0.717, 1.165) is 38.5 Å². The minimum absolute atomic E-state index is 0.182. The van der Waals surface area contributed by atoms with E-state index in [-0.39, 0.29) is 38.9 Å². The molecular formula is C18H32N2O8S. The lowest BCUT2D eigenvalue weighted by atomic mass is 10.2. The van der Waals surface area contributed by atoms with Gasteiger partial charge in [0, 0.05) is 26.3 Å². The van der Waals surface area contributed by atoms with E-state index in [0.29, 0.717) is 13.2 Å². The number of amides is 2. The van der Waals surface area contributed by atoms with Crippen molar-refractivity contribution in [3.8, 4) is 0 Å². The Hall–Kier alpha value is -1.27. The van der Waals surface area contributed by atoms with Crippen LogP contribution in [0.3, 0.4) is 0 Å². The van der Waals surface area contributed by atoms with Crippen molar-refractivity contribution < 1.29 is 37.0 Å². The minimum Gasteiger partial charge on any atom is -0.353 e. The van der Waals surface area contributed by atoms with Crippen molar-refractivity contribution in [2.75, 3.05) is 51.0 Å². The third kappa shape index (κ3) is 10.9. The van der Waals surface area contributed by atoms with Crippen molar-refractivity contribution in [2.45, 2.75) is 51.1 Å². The van der Waals surface area contributed by atoms with Gasteiger partial charge < -0.3 is 29.6 Å². The second-order valence-electron chi connectivity index (χ2n) is 7.07. The van der Waals surface area contributed by atoms with Crippen LogP contribution in [0.5, 0.6) is 0 Å². The third-order valence-corrected chi connectivity index (χ3v) is 5.84. The summed E-state index contributed by atoms with van der Waals surface area (Å²) in [5.41, 5.74) is 0. The number of nitrogens with one attached hydrogen (secondary N) is 2. The van der Waals surface area contributed by atoms with Crippen molar-refractivity contribution in [2.24, 2.45) is 0 Å². The van der Waals surface area contributed by atoms with Crippen LogP contribution in [0.25, 0.3) is 0 Å². The lowest BCUT2D eigenvalue weighted by Crippen LogP contribution is -2.38. The van der Waals surface area contributed by atoms with E-state index >= 15 is 0 Å². The average Bonchev–Trinajstić information content (AvgIpc) is 2.69. The Kier molecular flexibility index (Phi) is 10.9. The molecule has 2 fully saturated rings. The molecule has 0 bridgehead atoms. The van der Waals surface area contributed by atoms with Crippen molar-refractivity contribution >= 4 is 21.7 Å². The molecule has 0 aromatic heterocycles. The van der Waals surface area contributed by atoms with Crippen LogP contribution < -0.4 is 10.6 Å². The summed E-state index contributed by atoms with van der Waals surface area (Å²) in [5.74, 6) is -2.81. The Labute approximate surface area is 171 Å². The van der Waals surface area contributed by atoms with Crippen molar-refractivity contribution in [3.63, 3.8) is 0 Å². The second kappa shape index (κ2) is 13.1. The molecule has 2 rings (SSSR count). The maximum Gasteiger partial charge on any atom is 0.235 e. The molecule has 0 spiro atoms. The zero-order chi connectivity index (χ0) is 21.0. The maximum atomic E-state index is 12.0. The van der Waals surface area contributed by atoms with Crippen molar-refractivity contribution in [1.29, 1.82) is 0 Å². The van der Waals surface area contributed by atoms with Gasteiger partial charge in [0.1, 0.15) is 11.5 Å². The number of hydrogen-bond acceptors (Lipinski definition) is 8. The number of ether oxygens (including phenoxy) is 4. The maximum absolute atomic E-state index is 12.0. The summed E-state index contributed by atoms with van der Waals surface area (Å²) in [4.78, 5) is 23.6. The highest BCUT2D eigenvalue weighted by Crippen LogP contribution is 2.13. The first kappa shape index (κ1) is 24.0. The molecule has 2 aliphatic rings. The van der Waals surface area contributed by atoms with Gasteiger partial charge >= 0.3 is 0 Å². The van der Waals surface area contributed by atoms with Gasteiger partial charge in [-0.25, -0.2) is 8.42 Å². The normalized spacial score (nSPS) is 22.8. The Morgan fingerprint density at radius 1 is 0.793 bits per heavy atom. The summed E-state index contributed by atoms with van der Waals surface area (Å²) < 4.78 is 45.7. The van der Waals surface area contributed by atoms with Crippen molar-refractivity contribution in [1.82, 2.24) is 10.6 Å². The quantitative estimate of drug-likeness (QED) is 0.400. The van der Waals surface area contributed by atoms with Crippen LogP contribution in [0, 0.1) is 0 Å². The Morgan fingerprint density at radius 3 is 1.62 bits per heavy atom. The summed E-state index contributed by atoms with van der Waals surface area (Å²) in [6, 6.07) is 0. The molecule has 0 aromatic rings. The molecule has 11 heteroatoms. The Morgan fingerprint density at radius 2 is 1.24 bits per heavy atom. The van der Waals surface area contributed by atoms with E-state index in [1.54, 1.807) is 0 Å². The molecule has 0 radical (unpaired) electrons. The topological polar surface area (TPSA) is 129 Å². The highest BCUT2D eigenvalue weighted by molar-refractivity contribution is 7.92. The zero-order valence-corrected chi connectivity index (χ0v) is 17.5. The van der Waals surface area contributed by atoms with Gasteiger partial charge in [-0.2, -0.15) is 0 Å². The molecule has 0 aliphatic carbocycles. The summed E-state index contributed by atoms with van der Waals surface area (Å²) in [5, 5.41) is 4.95. The molecule has 2 aliphatic heterocycles. The SMILES string of the molecule is O=C(CS(=O)(=O)CC(=O)NCCOC1CCCCO1)NCCOC1CCCCO1. The molecule has 2 atom stereocenters. The molecule has 2 heterocycles. The van der Waals surface area contributed by atoms with E-state index in [4.69, 9.17) is 18.9 Å². The molecule has 2 amide bonds. The van der Waals surface area contributed by atoms with Crippen LogP contribution >= 0.6 is 0 Å². The monoisotopic (exact) mass is 436 g/mol. The standard InChI is InChI=1S/C18H32N2O8S/c21-15(19-7-11-27-17-5-1-3-9-25-17)13-29(23,24)14-16(22)20-8-12-28-18-6-2-4-10-26-18/h17-18H,1-14H2,(H,19,21)(H,20,22). The van der Waals surface area contributed by atoms with E-state index in [2.05, 4.69) is 10.6 Å². The lowest BCUT2D eigenvalue weighted by Gasteiger charge is -2.22. The molecule has 2 unspecified atom stereocenters. The van der Waals surface area contributed by atoms with Gasteiger partial charge in [-0.1, -0.05) is 0 Å². The van der Waals surface area contributed by atoms with Crippen LogP contribution in [0.2, 0.25) is 0 Å². The summed E-state index contributed by atoms with van der Waals surface area (Å²) in [6.07, 6.45) is 5.22.